The third kappa shape index (κ3) is 7.54. The largest absolute Gasteiger partial charge is 0.387 e. The molecule has 4 atom stereocenters. The Labute approximate surface area is 286 Å². The molecule has 260 valence electrons. The molecule has 6 rings (SSSR count). The number of hydrogen-bond donors (Lipinski definition) is 3. The van der Waals surface area contributed by atoms with E-state index in [1.807, 2.05) is 12.1 Å². The highest BCUT2D eigenvalue weighted by molar-refractivity contribution is 6.38. The average molecular weight is 684 g/mol. The molecule has 2 heterocycles. The monoisotopic (exact) mass is 683 g/mol. The number of ether oxygens (including phenoxy) is 1. The topological polar surface area (TPSA) is 156 Å². The summed E-state index contributed by atoms with van der Waals surface area (Å²) in [7, 11) is 2.91. The van der Waals surface area contributed by atoms with Gasteiger partial charge in [0, 0.05) is 44.0 Å². The van der Waals surface area contributed by atoms with Crippen molar-refractivity contribution in [3.63, 3.8) is 0 Å². The molecule has 0 aromatic heterocycles. The molecule has 3 N–H and O–H groups in total. The number of nitrogens with zero attached hydrogens (tertiary/aromatic N) is 2. The first-order chi connectivity index (χ1) is 23.0. The summed E-state index contributed by atoms with van der Waals surface area (Å²) in [5.74, 6) is -2.21. The van der Waals surface area contributed by atoms with Crippen molar-refractivity contribution in [1.29, 1.82) is 0 Å². The van der Waals surface area contributed by atoms with Crippen LogP contribution in [0.2, 0.25) is 5.02 Å². The Bertz CT molecular complexity index is 1470. The minimum absolute atomic E-state index is 0.0307. The number of likely N-dealkylation sites (tertiary alicyclic amines) is 1. The summed E-state index contributed by atoms with van der Waals surface area (Å²) < 4.78 is 5.85. The van der Waals surface area contributed by atoms with Crippen LogP contribution in [0.25, 0.3) is 0 Å². The molecule has 12 nitrogen and oxygen atoms in total. The summed E-state index contributed by atoms with van der Waals surface area (Å²) in [6, 6.07) is 4.15. The van der Waals surface area contributed by atoms with Crippen LogP contribution < -0.4 is 16.0 Å². The number of hydrogen-bond acceptors (Lipinski definition) is 8. The van der Waals surface area contributed by atoms with E-state index in [1.54, 1.807) is 12.1 Å². The number of amides is 4. The number of ketones is 1. The van der Waals surface area contributed by atoms with Gasteiger partial charge in [-0.05, 0) is 56.1 Å². The van der Waals surface area contributed by atoms with Crippen LogP contribution in [-0.2, 0) is 33.5 Å². The molecule has 0 bridgehead atoms. The summed E-state index contributed by atoms with van der Waals surface area (Å²) in [5, 5.41) is 13.1. The Morgan fingerprint density at radius 2 is 1.81 bits per heavy atom. The van der Waals surface area contributed by atoms with Gasteiger partial charge in [-0.15, -0.1) is 0 Å². The maximum atomic E-state index is 14.6. The number of Topliss-reactive ketones (excluding diaryl/α,β-unsaturated/α-hetero) is 1. The highest BCUT2D eigenvalue weighted by Crippen LogP contribution is 2.45. The van der Waals surface area contributed by atoms with Gasteiger partial charge in [-0.3, -0.25) is 24.0 Å². The molecule has 0 unspecified atom stereocenters. The number of methoxy groups -OCH3 is 1. The van der Waals surface area contributed by atoms with Crippen molar-refractivity contribution in [1.82, 2.24) is 20.9 Å². The SMILES string of the molecule is CNC(=O)C(=O)[C@H](CC1CC1)NC(=O)[C@@H]1C[C@]2(CC(c3cccc(Cl)c3)=NO2)CN1C(=O)[C@@H](NC(=O)CC1CCCCC1)C1(OC)CC1. The third-order valence-electron chi connectivity index (χ3n) is 10.8. The fourth-order valence-corrected chi connectivity index (χ4v) is 7.80. The van der Waals surface area contributed by atoms with Crippen molar-refractivity contribution in [2.45, 2.75) is 113 Å². The van der Waals surface area contributed by atoms with Crippen LogP contribution in [0.5, 0.6) is 0 Å². The van der Waals surface area contributed by atoms with Gasteiger partial charge in [-0.2, -0.15) is 0 Å². The van der Waals surface area contributed by atoms with Gasteiger partial charge in [-0.1, -0.05) is 61.0 Å². The fourth-order valence-electron chi connectivity index (χ4n) is 7.61. The minimum atomic E-state index is -1.05. The molecule has 1 saturated heterocycles. The second-order valence-electron chi connectivity index (χ2n) is 14.3. The van der Waals surface area contributed by atoms with Gasteiger partial charge in [-0.25, -0.2) is 0 Å². The molecule has 2 aliphatic heterocycles. The molecule has 1 aromatic carbocycles. The lowest BCUT2D eigenvalue weighted by atomic mass is 9.86. The second-order valence-corrected chi connectivity index (χ2v) is 14.8. The van der Waals surface area contributed by atoms with E-state index in [0.717, 1.165) is 44.1 Å². The maximum Gasteiger partial charge on any atom is 0.289 e. The van der Waals surface area contributed by atoms with Crippen LogP contribution in [0, 0.1) is 11.8 Å². The van der Waals surface area contributed by atoms with Gasteiger partial charge >= 0.3 is 0 Å². The van der Waals surface area contributed by atoms with Gasteiger partial charge < -0.3 is 30.4 Å². The number of nitrogens with one attached hydrogen (secondary N) is 3. The average Bonchev–Trinajstić information content (AvgIpc) is 4.01. The molecule has 13 heteroatoms. The Hall–Kier alpha value is -3.51. The number of carbonyl (C=O) groups excluding carboxylic acids is 5. The first kappa shape index (κ1) is 34.4. The van der Waals surface area contributed by atoms with Crippen molar-refractivity contribution < 1.29 is 33.5 Å². The Morgan fingerprint density at radius 1 is 1.06 bits per heavy atom. The Balaban J connectivity index is 1.26. The lowest BCUT2D eigenvalue weighted by molar-refractivity contribution is -0.147. The zero-order chi connectivity index (χ0) is 34.1. The lowest BCUT2D eigenvalue weighted by Gasteiger charge is -2.33. The predicted molar refractivity (Wildman–Crippen MR) is 177 cm³/mol. The van der Waals surface area contributed by atoms with Crippen molar-refractivity contribution in [3.8, 4) is 0 Å². The van der Waals surface area contributed by atoms with Crippen LogP contribution in [0.4, 0.5) is 0 Å². The van der Waals surface area contributed by atoms with Gasteiger partial charge in [0.05, 0.1) is 23.9 Å². The van der Waals surface area contributed by atoms with E-state index in [9.17, 15) is 24.0 Å². The molecular weight excluding hydrogens is 638 g/mol. The van der Waals surface area contributed by atoms with E-state index in [1.165, 1.54) is 25.5 Å². The van der Waals surface area contributed by atoms with E-state index < -0.39 is 52.8 Å². The van der Waals surface area contributed by atoms with Gasteiger partial charge in [0.1, 0.15) is 12.1 Å². The number of likely N-dealkylation sites (N-methyl/N-ethyl adjacent to an activating group) is 1. The van der Waals surface area contributed by atoms with Crippen LogP contribution in [0.15, 0.2) is 29.4 Å². The van der Waals surface area contributed by atoms with Gasteiger partial charge in [0.25, 0.3) is 5.91 Å². The zero-order valence-electron chi connectivity index (χ0n) is 27.7. The standard InChI is InChI=1S/C35H46ClN5O7/c1-37-32(45)29(43)25(15-22-11-12-22)38-31(44)27-19-34(18-26(40-48-34)23-9-6-10-24(36)17-23)20-41(27)33(46)30(35(47-2)13-14-35)39-28(42)16-21-7-4-3-5-8-21/h6,9-10,17,21-22,25,27,30H,3-5,7-8,11-16,18-20H2,1-2H3,(H,37,45)(H,38,44)(H,39,42)/t25-,27-,30+,34+/m0/s1. The number of carbonyl (C=O) groups is 5. The van der Waals surface area contributed by atoms with Crippen molar-refractivity contribution in [2.24, 2.45) is 17.0 Å². The molecule has 4 amide bonds. The highest BCUT2D eigenvalue weighted by Gasteiger charge is 2.60. The first-order valence-electron chi connectivity index (χ1n) is 17.3. The molecule has 4 fully saturated rings. The first-order valence-corrected chi connectivity index (χ1v) is 17.7. The number of rotatable bonds is 13. The molecule has 5 aliphatic rings. The van der Waals surface area contributed by atoms with Crippen molar-refractivity contribution in [2.75, 3.05) is 20.7 Å². The predicted octanol–water partition coefficient (Wildman–Crippen LogP) is 3.04. The second kappa shape index (κ2) is 14.2. The van der Waals surface area contributed by atoms with Crippen LogP contribution in [-0.4, -0.2) is 90.1 Å². The summed E-state index contributed by atoms with van der Waals surface area (Å²) in [4.78, 5) is 75.1. The summed E-state index contributed by atoms with van der Waals surface area (Å²) in [6.45, 7) is 0.0307. The van der Waals surface area contributed by atoms with E-state index in [2.05, 4.69) is 21.1 Å². The lowest BCUT2D eigenvalue weighted by Crippen LogP contribution is -2.60. The zero-order valence-corrected chi connectivity index (χ0v) is 28.5. The normalized spacial score (nSPS) is 25.9. The van der Waals surface area contributed by atoms with Gasteiger partial charge in [0.15, 0.2) is 5.60 Å². The van der Waals surface area contributed by atoms with E-state index in [-0.39, 0.29) is 30.7 Å². The summed E-state index contributed by atoms with van der Waals surface area (Å²) >= 11 is 6.25. The van der Waals surface area contributed by atoms with Crippen LogP contribution in [0.3, 0.4) is 0 Å². The van der Waals surface area contributed by atoms with Crippen molar-refractivity contribution >= 4 is 46.7 Å². The van der Waals surface area contributed by atoms with Crippen LogP contribution in [0.1, 0.15) is 89.0 Å². The van der Waals surface area contributed by atoms with Crippen molar-refractivity contribution in [3.05, 3.63) is 34.9 Å². The van der Waals surface area contributed by atoms with Gasteiger partial charge in [0.2, 0.25) is 23.5 Å². The molecule has 3 aliphatic carbocycles. The van der Waals surface area contributed by atoms with E-state index >= 15 is 0 Å². The quantitative estimate of drug-likeness (QED) is 0.270. The minimum Gasteiger partial charge on any atom is -0.387 e. The number of oxime groups is 1. The number of benzene rings is 1. The van der Waals surface area contributed by atoms with Crippen LogP contribution >= 0.6 is 11.6 Å². The molecule has 3 saturated carbocycles. The Kier molecular flexibility index (Phi) is 10.1. The fraction of sp³-hybridized carbons (Fsp3) is 0.657. The highest BCUT2D eigenvalue weighted by atomic mass is 35.5. The van der Waals surface area contributed by atoms with E-state index in [0.29, 0.717) is 42.8 Å². The summed E-state index contributed by atoms with van der Waals surface area (Å²) in [6.07, 6.45) is 9.45. The molecular formula is C35H46ClN5O7. The molecule has 48 heavy (non-hydrogen) atoms. The summed E-state index contributed by atoms with van der Waals surface area (Å²) in [5.41, 5.74) is -0.485. The smallest absolute Gasteiger partial charge is 0.289 e. The molecule has 1 aromatic rings. The molecule has 0 radical (unpaired) electrons. The number of halogens is 1. The molecule has 1 spiro atoms. The maximum absolute atomic E-state index is 14.6. The van der Waals surface area contributed by atoms with E-state index in [4.69, 9.17) is 21.2 Å². The Morgan fingerprint density at radius 3 is 2.46 bits per heavy atom. The third-order valence-corrected chi connectivity index (χ3v) is 11.0.